The molecule has 1 fully saturated rings. The first-order chi connectivity index (χ1) is 16.1. The van der Waals surface area contributed by atoms with Gasteiger partial charge in [-0.1, -0.05) is 32.0 Å². The van der Waals surface area contributed by atoms with Crippen LogP contribution >= 0.6 is 0 Å². The molecule has 0 spiro atoms. The lowest BCUT2D eigenvalue weighted by Crippen LogP contribution is -2.48. The molecule has 0 radical (unpaired) electrons. The molecule has 0 unspecified atom stereocenters. The molecule has 1 amide bonds. The molecule has 184 valence electrons. The molecule has 3 rings (SSSR count). The second kappa shape index (κ2) is 10.6. The number of halogens is 3. The maximum absolute atomic E-state index is 13.0. The number of nitrogens with zero attached hydrogens (tertiary/aromatic N) is 3. The van der Waals surface area contributed by atoms with E-state index in [1.54, 1.807) is 43.0 Å². The Morgan fingerprint density at radius 3 is 2.18 bits per heavy atom. The van der Waals surface area contributed by atoms with Gasteiger partial charge in [0, 0.05) is 51.0 Å². The second-order valence-corrected chi connectivity index (χ2v) is 9.79. The number of piperazine rings is 1. The number of amides is 1. The number of sulfonamides is 1. The van der Waals surface area contributed by atoms with Crippen LogP contribution in [0.15, 0.2) is 59.5 Å². The van der Waals surface area contributed by atoms with E-state index in [2.05, 4.69) is 0 Å². The third-order valence-corrected chi connectivity index (χ3v) is 7.84. The van der Waals surface area contributed by atoms with Crippen LogP contribution in [0.5, 0.6) is 0 Å². The van der Waals surface area contributed by atoms with Crippen LogP contribution in [-0.4, -0.2) is 62.8 Å². The Hall–Kier alpha value is -2.85. The highest BCUT2D eigenvalue weighted by atomic mass is 32.2. The normalized spacial score (nSPS) is 15.4. The Labute approximate surface area is 198 Å². The molecule has 10 heteroatoms. The number of anilines is 1. The van der Waals surface area contributed by atoms with Gasteiger partial charge in [0.1, 0.15) is 0 Å². The van der Waals surface area contributed by atoms with Crippen LogP contribution < -0.4 is 4.90 Å². The average Bonchev–Trinajstić information content (AvgIpc) is 2.83. The topological polar surface area (TPSA) is 60.9 Å². The molecule has 0 aromatic heterocycles. The van der Waals surface area contributed by atoms with E-state index in [1.807, 2.05) is 4.90 Å². The van der Waals surface area contributed by atoms with Crippen LogP contribution in [0, 0.1) is 0 Å². The fourth-order valence-corrected chi connectivity index (χ4v) is 5.26. The van der Waals surface area contributed by atoms with Gasteiger partial charge in [-0.05, 0) is 42.0 Å². The molecule has 0 N–H and O–H groups in total. The number of carbonyl (C=O) groups is 1. The Balaban J connectivity index is 1.59. The Morgan fingerprint density at radius 2 is 1.62 bits per heavy atom. The molecule has 6 nitrogen and oxygen atoms in total. The second-order valence-electron chi connectivity index (χ2n) is 7.85. The smallest absolute Gasteiger partial charge is 0.368 e. The summed E-state index contributed by atoms with van der Waals surface area (Å²) in [6.07, 6.45) is -1.35. The average molecular weight is 496 g/mol. The third-order valence-electron chi connectivity index (χ3n) is 5.77. The molecular weight excluding hydrogens is 467 g/mol. The van der Waals surface area contributed by atoms with E-state index in [4.69, 9.17) is 0 Å². The van der Waals surface area contributed by atoms with E-state index in [9.17, 15) is 26.4 Å². The fourth-order valence-electron chi connectivity index (χ4n) is 3.80. The lowest BCUT2D eigenvalue weighted by molar-refractivity contribution is -0.137. The summed E-state index contributed by atoms with van der Waals surface area (Å²) in [7, 11) is -3.54. The summed E-state index contributed by atoms with van der Waals surface area (Å²) in [4.78, 5) is 16.2. The van der Waals surface area contributed by atoms with Crippen LogP contribution in [0.1, 0.15) is 25.0 Å². The van der Waals surface area contributed by atoms with Crippen LogP contribution in [0.4, 0.5) is 18.9 Å². The molecular formula is C24H28F3N3O3S. The van der Waals surface area contributed by atoms with Crippen LogP contribution in [0.25, 0.3) is 6.08 Å². The fraction of sp³-hybridized carbons (Fsp3) is 0.375. The minimum atomic E-state index is -4.40. The van der Waals surface area contributed by atoms with Gasteiger partial charge in [-0.3, -0.25) is 4.79 Å². The van der Waals surface area contributed by atoms with E-state index in [1.165, 1.54) is 28.6 Å². The molecule has 0 aliphatic carbocycles. The van der Waals surface area contributed by atoms with E-state index >= 15 is 0 Å². The van der Waals surface area contributed by atoms with Crippen molar-refractivity contribution < 1.29 is 26.4 Å². The minimum Gasteiger partial charge on any atom is -0.368 e. The van der Waals surface area contributed by atoms with Gasteiger partial charge in [-0.2, -0.15) is 17.5 Å². The molecule has 1 aliphatic heterocycles. The Morgan fingerprint density at radius 1 is 1.00 bits per heavy atom. The summed E-state index contributed by atoms with van der Waals surface area (Å²) >= 11 is 0. The minimum absolute atomic E-state index is 0.199. The monoisotopic (exact) mass is 495 g/mol. The SMILES string of the molecule is CCN(CC)S(=O)(=O)c1ccc(/C=C/C(=O)N2CCN(c3cccc(C(F)(F)F)c3)CC2)cc1. The van der Waals surface area contributed by atoms with Crippen molar-refractivity contribution in [3.05, 3.63) is 65.7 Å². The number of rotatable bonds is 7. The Bertz CT molecular complexity index is 1120. The van der Waals surface area contributed by atoms with Gasteiger partial charge in [0.15, 0.2) is 0 Å². The number of hydrogen-bond donors (Lipinski definition) is 0. The van der Waals surface area contributed by atoms with Crippen LogP contribution in [0.2, 0.25) is 0 Å². The molecule has 34 heavy (non-hydrogen) atoms. The molecule has 1 aliphatic rings. The standard InChI is InChI=1S/C24H28F3N3O3S/c1-3-30(4-2)34(32,33)22-11-8-19(9-12-22)10-13-23(31)29-16-14-28(15-17-29)21-7-5-6-20(18-21)24(25,26)27/h5-13,18H,3-4,14-17H2,1-2H3/b13-10+. The van der Waals surface area contributed by atoms with E-state index in [0.29, 0.717) is 50.5 Å². The number of alkyl halides is 3. The van der Waals surface area contributed by atoms with Crippen molar-refractivity contribution in [2.45, 2.75) is 24.9 Å². The maximum atomic E-state index is 13.0. The molecule has 0 bridgehead atoms. The van der Waals surface area contributed by atoms with Gasteiger partial charge in [0.25, 0.3) is 0 Å². The van der Waals surface area contributed by atoms with Gasteiger partial charge >= 0.3 is 6.18 Å². The van der Waals surface area contributed by atoms with Crippen LogP contribution in [0.3, 0.4) is 0 Å². The zero-order chi connectivity index (χ0) is 24.9. The van der Waals surface area contributed by atoms with Gasteiger partial charge in [0.05, 0.1) is 10.5 Å². The maximum Gasteiger partial charge on any atom is 0.416 e. The number of benzene rings is 2. The molecule has 2 aromatic carbocycles. The Kier molecular flexibility index (Phi) is 8.04. The van der Waals surface area contributed by atoms with E-state index < -0.39 is 21.8 Å². The summed E-state index contributed by atoms with van der Waals surface area (Å²) < 4.78 is 65.4. The van der Waals surface area contributed by atoms with Crippen molar-refractivity contribution in [2.75, 3.05) is 44.2 Å². The summed E-state index contributed by atoms with van der Waals surface area (Å²) in [5, 5.41) is 0. The lowest BCUT2D eigenvalue weighted by atomic mass is 10.1. The van der Waals surface area contributed by atoms with E-state index in [0.717, 1.165) is 12.1 Å². The first kappa shape index (κ1) is 25.8. The highest BCUT2D eigenvalue weighted by molar-refractivity contribution is 7.89. The van der Waals surface area contributed by atoms with Crippen molar-refractivity contribution in [2.24, 2.45) is 0 Å². The first-order valence-electron chi connectivity index (χ1n) is 11.1. The van der Waals surface area contributed by atoms with Crippen LogP contribution in [-0.2, 0) is 21.0 Å². The van der Waals surface area contributed by atoms with Crippen molar-refractivity contribution in [3.8, 4) is 0 Å². The van der Waals surface area contributed by atoms with Gasteiger partial charge < -0.3 is 9.80 Å². The molecule has 0 atom stereocenters. The third kappa shape index (κ3) is 5.98. The zero-order valence-corrected chi connectivity index (χ0v) is 19.9. The molecule has 2 aromatic rings. The first-order valence-corrected chi connectivity index (χ1v) is 12.5. The van der Waals surface area contributed by atoms with Crippen molar-refractivity contribution in [1.82, 2.24) is 9.21 Å². The summed E-state index contributed by atoms with van der Waals surface area (Å²) in [6.45, 7) is 5.97. The summed E-state index contributed by atoms with van der Waals surface area (Å²) in [6, 6.07) is 11.5. The van der Waals surface area contributed by atoms with E-state index in [-0.39, 0.29) is 10.8 Å². The van der Waals surface area contributed by atoms with Gasteiger partial charge in [0.2, 0.25) is 15.9 Å². The predicted octanol–water partition coefficient (Wildman–Crippen LogP) is 4.10. The predicted molar refractivity (Wildman–Crippen MR) is 126 cm³/mol. The number of hydrogen-bond acceptors (Lipinski definition) is 4. The summed E-state index contributed by atoms with van der Waals surface area (Å²) in [5.74, 6) is -0.205. The largest absolute Gasteiger partial charge is 0.416 e. The van der Waals surface area contributed by atoms with Crippen molar-refractivity contribution in [1.29, 1.82) is 0 Å². The van der Waals surface area contributed by atoms with Crippen molar-refractivity contribution >= 4 is 27.7 Å². The van der Waals surface area contributed by atoms with Crippen molar-refractivity contribution in [3.63, 3.8) is 0 Å². The van der Waals surface area contributed by atoms with Gasteiger partial charge in [-0.25, -0.2) is 8.42 Å². The molecule has 1 saturated heterocycles. The zero-order valence-electron chi connectivity index (χ0n) is 19.1. The number of carbonyl (C=O) groups excluding carboxylic acids is 1. The van der Waals surface area contributed by atoms with Gasteiger partial charge in [-0.15, -0.1) is 0 Å². The lowest BCUT2D eigenvalue weighted by Gasteiger charge is -2.35. The highest BCUT2D eigenvalue weighted by Crippen LogP contribution is 2.31. The molecule has 1 heterocycles. The summed E-state index contributed by atoms with van der Waals surface area (Å²) in [5.41, 5.74) is 0.481. The molecule has 0 saturated carbocycles. The highest BCUT2D eigenvalue weighted by Gasteiger charge is 2.31. The quantitative estimate of drug-likeness (QED) is 0.543.